The van der Waals surface area contributed by atoms with E-state index in [-0.39, 0.29) is 12.5 Å². The fraction of sp³-hybridized carbons (Fsp3) is 0.375. The van der Waals surface area contributed by atoms with Gasteiger partial charge in [-0.1, -0.05) is 0 Å². The van der Waals surface area contributed by atoms with Crippen molar-refractivity contribution in [3.05, 3.63) is 18.4 Å². The molecule has 1 atom stereocenters. The van der Waals surface area contributed by atoms with Gasteiger partial charge in [-0.2, -0.15) is 0 Å². The summed E-state index contributed by atoms with van der Waals surface area (Å²) in [7, 11) is 0. The van der Waals surface area contributed by atoms with E-state index in [0.29, 0.717) is 5.88 Å². The van der Waals surface area contributed by atoms with E-state index in [4.69, 9.17) is 9.52 Å². The Morgan fingerprint density at radius 3 is 3.08 bits per heavy atom. The van der Waals surface area contributed by atoms with E-state index in [2.05, 4.69) is 5.32 Å². The van der Waals surface area contributed by atoms with Crippen LogP contribution in [0.1, 0.15) is 13.3 Å². The molecule has 0 unspecified atom stereocenters. The Morgan fingerprint density at radius 1 is 1.83 bits per heavy atom. The molecule has 0 radical (unpaired) electrons. The summed E-state index contributed by atoms with van der Waals surface area (Å²) in [5.74, 6) is -0.217. The van der Waals surface area contributed by atoms with Crippen LogP contribution >= 0.6 is 0 Å². The number of carboxylic acids is 1. The first-order valence-electron chi connectivity index (χ1n) is 3.70. The Kier molecular flexibility index (Phi) is 2.74. The summed E-state index contributed by atoms with van der Waals surface area (Å²) < 4.78 is 4.98. The molecule has 1 rings (SSSR count). The number of carbonyl (C=O) groups is 1. The Labute approximate surface area is 70.2 Å². The molecule has 1 aromatic rings. The molecule has 0 aliphatic heterocycles. The van der Waals surface area contributed by atoms with E-state index < -0.39 is 5.97 Å². The van der Waals surface area contributed by atoms with E-state index in [1.165, 1.54) is 6.26 Å². The predicted octanol–water partition coefficient (Wildman–Crippen LogP) is 1.55. The van der Waals surface area contributed by atoms with Crippen LogP contribution in [-0.4, -0.2) is 17.1 Å². The molecule has 0 spiro atoms. The molecular weight excluding hydrogens is 158 g/mol. The highest BCUT2D eigenvalue weighted by molar-refractivity contribution is 5.68. The van der Waals surface area contributed by atoms with E-state index >= 15 is 0 Å². The minimum absolute atomic E-state index is 0.0840. The fourth-order valence-electron chi connectivity index (χ4n) is 0.916. The first-order chi connectivity index (χ1) is 5.68. The Morgan fingerprint density at radius 2 is 2.58 bits per heavy atom. The van der Waals surface area contributed by atoms with Gasteiger partial charge in [-0.15, -0.1) is 0 Å². The normalized spacial score (nSPS) is 12.4. The van der Waals surface area contributed by atoms with E-state index in [9.17, 15) is 4.79 Å². The van der Waals surface area contributed by atoms with Crippen molar-refractivity contribution in [1.29, 1.82) is 0 Å². The summed E-state index contributed by atoms with van der Waals surface area (Å²) in [6.07, 6.45) is 1.62. The topological polar surface area (TPSA) is 62.5 Å². The lowest BCUT2D eigenvalue weighted by atomic mass is 10.2. The van der Waals surface area contributed by atoms with Crippen LogP contribution in [0.4, 0.5) is 5.88 Å². The number of carboxylic acid groups (broad SMARTS) is 1. The maximum Gasteiger partial charge on any atom is 0.305 e. The van der Waals surface area contributed by atoms with Gasteiger partial charge in [0.15, 0.2) is 5.88 Å². The number of hydrogen-bond acceptors (Lipinski definition) is 3. The number of hydrogen-bond donors (Lipinski definition) is 2. The smallest absolute Gasteiger partial charge is 0.305 e. The summed E-state index contributed by atoms with van der Waals surface area (Å²) in [6, 6.07) is 3.38. The van der Waals surface area contributed by atoms with Crippen molar-refractivity contribution in [3.63, 3.8) is 0 Å². The summed E-state index contributed by atoms with van der Waals surface area (Å²) in [4.78, 5) is 10.3. The highest BCUT2D eigenvalue weighted by Crippen LogP contribution is 2.09. The molecule has 4 heteroatoms. The van der Waals surface area contributed by atoms with E-state index in [0.717, 1.165) is 0 Å². The summed E-state index contributed by atoms with van der Waals surface area (Å²) in [6.45, 7) is 1.79. The van der Waals surface area contributed by atoms with Crippen LogP contribution in [0.25, 0.3) is 0 Å². The molecule has 66 valence electrons. The molecule has 0 bridgehead atoms. The van der Waals surface area contributed by atoms with Crippen molar-refractivity contribution in [2.24, 2.45) is 0 Å². The van der Waals surface area contributed by atoms with Gasteiger partial charge in [-0.3, -0.25) is 4.79 Å². The van der Waals surface area contributed by atoms with Gasteiger partial charge >= 0.3 is 5.97 Å². The zero-order chi connectivity index (χ0) is 8.97. The van der Waals surface area contributed by atoms with Crippen molar-refractivity contribution in [3.8, 4) is 0 Å². The van der Waals surface area contributed by atoms with Crippen LogP contribution in [0.3, 0.4) is 0 Å². The fourth-order valence-corrected chi connectivity index (χ4v) is 0.916. The highest BCUT2D eigenvalue weighted by Gasteiger charge is 2.07. The second-order valence-corrected chi connectivity index (χ2v) is 2.62. The van der Waals surface area contributed by atoms with E-state index in [1.807, 2.05) is 0 Å². The third-order valence-corrected chi connectivity index (χ3v) is 1.39. The molecule has 0 saturated carbocycles. The number of anilines is 1. The maximum absolute atomic E-state index is 10.3. The minimum Gasteiger partial charge on any atom is -0.481 e. The van der Waals surface area contributed by atoms with Gasteiger partial charge in [0.05, 0.1) is 12.7 Å². The summed E-state index contributed by atoms with van der Waals surface area (Å²) in [5.41, 5.74) is 0. The molecule has 4 nitrogen and oxygen atoms in total. The van der Waals surface area contributed by atoms with Crippen LogP contribution in [0.5, 0.6) is 0 Å². The SMILES string of the molecule is C[C@H](CC(=O)O)Nc1ccco1. The van der Waals surface area contributed by atoms with Gasteiger partial charge < -0.3 is 14.8 Å². The predicted molar refractivity (Wildman–Crippen MR) is 44.0 cm³/mol. The lowest BCUT2D eigenvalue weighted by molar-refractivity contribution is -0.137. The zero-order valence-corrected chi connectivity index (χ0v) is 6.78. The molecule has 1 heterocycles. The second kappa shape index (κ2) is 3.80. The molecule has 0 amide bonds. The number of aliphatic carboxylic acids is 1. The van der Waals surface area contributed by atoms with Crippen molar-refractivity contribution < 1.29 is 14.3 Å². The average molecular weight is 169 g/mol. The van der Waals surface area contributed by atoms with Crippen molar-refractivity contribution in [2.45, 2.75) is 19.4 Å². The van der Waals surface area contributed by atoms with E-state index in [1.54, 1.807) is 19.1 Å². The Bertz CT molecular complexity index is 243. The van der Waals surface area contributed by atoms with Crippen LogP contribution in [0, 0.1) is 0 Å². The van der Waals surface area contributed by atoms with Crippen LogP contribution in [0.2, 0.25) is 0 Å². The number of furan rings is 1. The van der Waals surface area contributed by atoms with Gasteiger partial charge in [0, 0.05) is 12.1 Å². The first kappa shape index (κ1) is 8.64. The molecule has 12 heavy (non-hydrogen) atoms. The van der Waals surface area contributed by atoms with Gasteiger partial charge in [0.2, 0.25) is 0 Å². The van der Waals surface area contributed by atoms with Gasteiger partial charge in [0.25, 0.3) is 0 Å². The molecule has 0 aliphatic carbocycles. The maximum atomic E-state index is 10.3. The Hall–Kier alpha value is -1.45. The third-order valence-electron chi connectivity index (χ3n) is 1.39. The number of nitrogens with one attached hydrogen (secondary N) is 1. The standard InChI is InChI=1S/C8H11NO3/c1-6(5-8(10)11)9-7-3-2-4-12-7/h2-4,6,9H,5H2,1H3,(H,10,11)/t6-/m1/s1. The van der Waals surface area contributed by atoms with Gasteiger partial charge in [-0.05, 0) is 13.0 Å². The molecule has 0 aliphatic rings. The quantitative estimate of drug-likeness (QED) is 0.717. The molecule has 0 fully saturated rings. The largest absolute Gasteiger partial charge is 0.481 e. The Balaban J connectivity index is 2.36. The first-order valence-corrected chi connectivity index (χ1v) is 3.70. The monoisotopic (exact) mass is 169 g/mol. The molecule has 1 aromatic heterocycles. The second-order valence-electron chi connectivity index (χ2n) is 2.62. The summed E-state index contributed by atoms with van der Waals surface area (Å²) in [5, 5.41) is 11.3. The minimum atomic E-state index is -0.818. The lowest BCUT2D eigenvalue weighted by Crippen LogP contribution is -2.18. The van der Waals surface area contributed by atoms with Crippen LogP contribution in [0.15, 0.2) is 22.8 Å². The summed E-state index contributed by atoms with van der Waals surface area (Å²) >= 11 is 0. The zero-order valence-electron chi connectivity index (χ0n) is 6.78. The third kappa shape index (κ3) is 2.65. The van der Waals surface area contributed by atoms with Crippen LogP contribution < -0.4 is 5.32 Å². The molecule has 2 N–H and O–H groups in total. The molecular formula is C8H11NO3. The molecule has 0 saturated heterocycles. The van der Waals surface area contributed by atoms with Gasteiger partial charge in [0.1, 0.15) is 0 Å². The average Bonchev–Trinajstić information content (AvgIpc) is 2.37. The number of rotatable bonds is 4. The molecule has 0 aromatic carbocycles. The lowest BCUT2D eigenvalue weighted by Gasteiger charge is -2.09. The highest BCUT2D eigenvalue weighted by atomic mass is 16.4. The van der Waals surface area contributed by atoms with Crippen molar-refractivity contribution in [2.75, 3.05) is 5.32 Å². The van der Waals surface area contributed by atoms with Crippen molar-refractivity contribution in [1.82, 2.24) is 0 Å². The van der Waals surface area contributed by atoms with Gasteiger partial charge in [-0.25, -0.2) is 0 Å². The van der Waals surface area contributed by atoms with Crippen molar-refractivity contribution >= 4 is 11.9 Å². The van der Waals surface area contributed by atoms with Crippen LogP contribution in [-0.2, 0) is 4.79 Å².